The van der Waals surface area contributed by atoms with E-state index >= 15 is 0 Å². The van der Waals surface area contributed by atoms with Crippen LogP contribution < -0.4 is 5.32 Å². The summed E-state index contributed by atoms with van der Waals surface area (Å²) >= 11 is 0. The first-order valence-corrected chi connectivity index (χ1v) is 4.69. The molecule has 3 nitrogen and oxygen atoms in total. The summed E-state index contributed by atoms with van der Waals surface area (Å²) < 4.78 is 0. The molecule has 70 valence electrons. The summed E-state index contributed by atoms with van der Waals surface area (Å²) in [6.07, 6.45) is 3.99. The van der Waals surface area contributed by atoms with Crippen molar-refractivity contribution >= 4 is 5.97 Å². The van der Waals surface area contributed by atoms with Crippen molar-refractivity contribution in [1.29, 1.82) is 0 Å². The van der Waals surface area contributed by atoms with Crippen LogP contribution in [-0.2, 0) is 4.79 Å². The van der Waals surface area contributed by atoms with Crippen LogP contribution in [0.1, 0.15) is 32.6 Å². The molecule has 0 aromatic heterocycles. The van der Waals surface area contributed by atoms with E-state index in [0.717, 1.165) is 12.3 Å². The van der Waals surface area contributed by atoms with Gasteiger partial charge in [-0.3, -0.25) is 4.79 Å². The molecule has 12 heavy (non-hydrogen) atoms. The number of rotatable bonds is 6. The minimum absolute atomic E-state index is 0.239. The SMILES string of the molecule is CCC(NCCC(=O)O)C1CC1. The maximum atomic E-state index is 10.2. The van der Waals surface area contributed by atoms with E-state index in [0.29, 0.717) is 12.6 Å². The summed E-state index contributed by atoms with van der Waals surface area (Å²) in [6.45, 7) is 2.76. The molecule has 1 atom stereocenters. The largest absolute Gasteiger partial charge is 0.481 e. The van der Waals surface area contributed by atoms with Crippen molar-refractivity contribution in [3.63, 3.8) is 0 Å². The molecule has 1 unspecified atom stereocenters. The van der Waals surface area contributed by atoms with Crippen molar-refractivity contribution in [3.8, 4) is 0 Å². The summed E-state index contributed by atoms with van der Waals surface area (Å²) in [5.41, 5.74) is 0. The molecular weight excluding hydrogens is 154 g/mol. The molecule has 2 N–H and O–H groups in total. The molecular formula is C9H17NO2. The number of carboxylic acid groups (broad SMARTS) is 1. The first kappa shape index (κ1) is 9.52. The normalized spacial score (nSPS) is 19.1. The van der Waals surface area contributed by atoms with Gasteiger partial charge in [0, 0.05) is 12.6 Å². The van der Waals surface area contributed by atoms with Crippen LogP contribution in [0, 0.1) is 5.92 Å². The second kappa shape index (κ2) is 4.45. The van der Waals surface area contributed by atoms with Crippen LogP contribution in [0.15, 0.2) is 0 Å². The number of carboxylic acids is 1. The number of nitrogens with one attached hydrogen (secondary N) is 1. The minimum Gasteiger partial charge on any atom is -0.481 e. The lowest BCUT2D eigenvalue weighted by Gasteiger charge is -2.14. The summed E-state index contributed by atoms with van der Waals surface area (Å²) in [4.78, 5) is 10.2. The maximum absolute atomic E-state index is 10.2. The number of aliphatic carboxylic acids is 1. The van der Waals surface area contributed by atoms with Gasteiger partial charge in [-0.15, -0.1) is 0 Å². The highest BCUT2D eigenvalue weighted by molar-refractivity contribution is 5.66. The number of hydrogen-bond acceptors (Lipinski definition) is 2. The van der Waals surface area contributed by atoms with Crippen LogP contribution in [0.25, 0.3) is 0 Å². The molecule has 0 aromatic carbocycles. The summed E-state index contributed by atoms with van der Waals surface area (Å²) in [5.74, 6) is 0.108. The molecule has 1 fully saturated rings. The standard InChI is InChI=1S/C9H17NO2/c1-2-8(7-3-4-7)10-6-5-9(11)12/h7-8,10H,2-6H2,1H3,(H,11,12). The van der Waals surface area contributed by atoms with Crippen LogP contribution in [0.5, 0.6) is 0 Å². The van der Waals surface area contributed by atoms with Gasteiger partial charge in [0.1, 0.15) is 0 Å². The summed E-state index contributed by atoms with van der Waals surface area (Å²) in [5, 5.41) is 11.7. The summed E-state index contributed by atoms with van der Waals surface area (Å²) in [7, 11) is 0. The Kier molecular flexibility index (Phi) is 3.53. The van der Waals surface area contributed by atoms with Crippen LogP contribution in [0.2, 0.25) is 0 Å². The van der Waals surface area contributed by atoms with Crippen molar-refractivity contribution in [1.82, 2.24) is 5.32 Å². The predicted molar refractivity (Wildman–Crippen MR) is 47.1 cm³/mol. The first-order valence-electron chi connectivity index (χ1n) is 4.69. The molecule has 1 aliphatic rings. The quantitative estimate of drug-likeness (QED) is 0.632. The number of hydrogen-bond donors (Lipinski definition) is 2. The van der Waals surface area contributed by atoms with Gasteiger partial charge in [0.15, 0.2) is 0 Å². The van der Waals surface area contributed by atoms with E-state index in [2.05, 4.69) is 12.2 Å². The van der Waals surface area contributed by atoms with Gasteiger partial charge in [-0.2, -0.15) is 0 Å². The molecule has 0 aromatic rings. The molecule has 1 aliphatic carbocycles. The summed E-state index contributed by atoms with van der Waals surface area (Å²) in [6, 6.07) is 0.560. The van der Waals surface area contributed by atoms with Gasteiger partial charge in [-0.1, -0.05) is 6.92 Å². The maximum Gasteiger partial charge on any atom is 0.304 e. The Morgan fingerprint density at radius 2 is 2.33 bits per heavy atom. The average Bonchev–Trinajstić information content (AvgIpc) is 2.80. The Bertz CT molecular complexity index is 155. The van der Waals surface area contributed by atoms with Crippen LogP contribution in [-0.4, -0.2) is 23.7 Å². The highest BCUT2D eigenvalue weighted by atomic mass is 16.4. The highest BCUT2D eigenvalue weighted by Crippen LogP contribution is 2.33. The molecule has 1 saturated carbocycles. The van der Waals surface area contributed by atoms with Gasteiger partial charge >= 0.3 is 5.97 Å². The molecule has 0 heterocycles. The molecule has 0 spiro atoms. The lowest BCUT2D eigenvalue weighted by Crippen LogP contribution is -2.32. The van der Waals surface area contributed by atoms with E-state index in [9.17, 15) is 4.79 Å². The Hall–Kier alpha value is -0.570. The van der Waals surface area contributed by atoms with Gasteiger partial charge in [-0.05, 0) is 25.2 Å². The average molecular weight is 171 g/mol. The smallest absolute Gasteiger partial charge is 0.304 e. The monoisotopic (exact) mass is 171 g/mol. The van der Waals surface area contributed by atoms with E-state index in [1.165, 1.54) is 12.8 Å². The molecule has 0 saturated heterocycles. The zero-order valence-corrected chi connectivity index (χ0v) is 7.55. The van der Waals surface area contributed by atoms with Crippen LogP contribution in [0.4, 0.5) is 0 Å². The fourth-order valence-corrected chi connectivity index (χ4v) is 1.51. The van der Waals surface area contributed by atoms with Gasteiger partial charge in [0.05, 0.1) is 6.42 Å². The van der Waals surface area contributed by atoms with Crippen molar-refractivity contribution in [3.05, 3.63) is 0 Å². The van der Waals surface area contributed by atoms with Crippen molar-refractivity contribution in [2.75, 3.05) is 6.54 Å². The molecule has 0 aliphatic heterocycles. The van der Waals surface area contributed by atoms with E-state index in [1.807, 2.05) is 0 Å². The van der Waals surface area contributed by atoms with Gasteiger partial charge in [0.2, 0.25) is 0 Å². The first-order chi connectivity index (χ1) is 5.74. The van der Waals surface area contributed by atoms with Crippen molar-refractivity contribution in [2.24, 2.45) is 5.92 Å². The second-order valence-electron chi connectivity index (χ2n) is 3.45. The molecule has 0 radical (unpaired) electrons. The van der Waals surface area contributed by atoms with Crippen LogP contribution in [0.3, 0.4) is 0 Å². The van der Waals surface area contributed by atoms with Gasteiger partial charge < -0.3 is 10.4 Å². The van der Waals surface area contributed by atoms with Crippen molar-refractivity contribution in [2.45, 2.75) is 38.6 Å². The lowest BCUT2D eigenvalue weighted by molar-refractivity contribution is -0.136. The van der Waals surface area contributed by atoms with E-state index < -0.39 is 5.97 Å². The second-order valence-corrected chi connectivity index (χ2v) is 3.45. The third-order valence-electron chi connectivity index (χ3n) is 2.38. The highest BCUT2D eigenvalue weighted by Gasteiger charge is 2.29. The lowest BCUT2D eigenvalue weighted by atomic mass is 10.1. The minimum atomic E-state index is -0.715. The van der Waals surface area contributed by atoms with E-state index in [1.54, 1.807) is 0 Å². The third-order valence-corrected chi connectivity index (χ3v) is 2.38. The number of carbonyl (C=O) groups is 1. The Morgan fingerprint density at radius 1 is 1.67 bits per heavy atom. The fraction of sp³-hybridized carbons (Fsp3) is 0.889. The van der Waals surface area contributed by atoms with Crippen LogP contribution >= 0.6 is 0 Å². The molecule has 0 amide bonds. The van der Waals surface area contributed by atoms with Gasteiger partial charge in [-0.25, -0.2) is 0 Å². The Morgan fingerprint density at radius 3 is 2.75 bits per heavy atom. The van der Waals surface area contributed by atoms with E-state index in [-0.39, 0.29) is 6.42 Å². The Labute approximate surface area is 73.2 Å². The zero-order chi connectivity index (χ0) is 8.97. The molecule has 1 rings (SSSR count). The fourth-order valence-electron chi connectivity index (χ4n) is 1.51. The zero-order valence-electron chi connectivity index (χ0n) is 7.55. The Balaban J connectivity index is 2.06. The molecule has 0 bridgehead atoms. The van der Waals surface area contributed by atoms with E-state index in [4.69, 9.17) is 5.11 Å². The molecule has 3 heteroatoms. The van der Waals surface area contributed by atoms with Crippen molar-refractivity contribution < 1.29 is 9.90 Å². The third kappa shape index (κ3) is 3.22. The van der Waals surface area contributed by atoms with Gasteiger partial charge in [0.25, 0.3) is 0 Å². The topological polar surface area (TPSA) is 49.3 Å². The predicted octanol–water partition coefficient (Wildman–Crippen LogP) is 1.24.